The van der Waals surface area contributed by atoms with Gasteiger partial charge in [0.1, 0.15) is 18.0 Å². The van der Waals surface area contributed by atoms with E-state index in [2.05, 4.69) is 10.6 Å². The maximum absolute atomic E-state index is 12.6. The normalized spacial score (nSPS) is 25.5. The van der Waals surface area contributed by atoms with E-state index in [-0.39, 0.29) is 43.0 Å². The molecule has 0 bridgehead atoms. The Kier molecular flexibility index (Phi) is 6.33. The first-order valence-electron chi connectivity index (χ1n) is 11.8. The van der Waals surface area contributed by atoms with E-state index in [9.17, 15) is 14.7 Å². The maximum atomic E-state index is 12.6. The molecule has 2 aromatic carbocycles. The molecule has 2 heterocycles. The standard InChI is InChI=1S/C26H30N2O5/c29-15-23-26-21(12-19(32-23)13-24(30)27-14-17-4-2-1-3-5-17)20-11-18(8-9-22(20)33-26)28-25(31)10-16-6-7-16/h1-5,8-9,11,16,19,21,23,26,29H,6-7,10,12-15H2,(H,27,30)(H,28,31)/t19-,21-,23+,26+/m1/s1. The van der Waals surface area contributed by atoms with Gasteiger partial charge >= 0.3 is 0 Å². The first-order valence-corrected chi connectivity index (χ1v) is 11.8. The zero-order valence-electron chi connectivity index (χ0n) is 18.5. The van der Waals surface area contributed by atoms with E-state index in [1.807, 2.05) is 48.5 Å². The van der Waals surface area contributed by atoms with Crippen molar-refractivity contribution in [1.29, 1.82) is 0 Å². The molecular formula is C26H30N2O5. The molecule has 4 atom stereocenters. The molecule has 0 radical (unpaired) electrons. The lowest BCUT2D eigenvalue weighted by Gasteiger charge is -2.37. The predicted molar refractivity (Wildman–Crippen MR) is 123 cm³/mol. The molecule has 33 heavy (non-hydrogen) atoms. The van der Waals surface area contributed by atoms with Gasteiger partial charge in [0, 0.05) is 30.1 Å². The van der Waals surface area contributed by atoms with Crippen LogP contribution in [0.5, 0.6) is 5.75 Å². The Balaban J connectivity index is 1.24. The number of nitrogens with one attached hydrogen (secondary N) is 2. The summed E-state index contributed by atoms with van der Waals surface area (Å²) in [5.41, 5.74) is 2.80. The molecular weight excluding hydrogens is 420 g/mol. The minimum absolute atomic E-state index is 0.00175. The minimum Gasteiger partial charge on any atom is -0.487 e. The Morgan fingerprint density at radius 1 is 1.03 bits per heavy atom. The lowest BCUT2D eigenvalue weighted by molar-refractivity contribution is -0.142. The SMILES string of the molecule is O=C(C[C@H]1C[C@@H]2c3cc(NC(=O)CC4CC4)ccc3O[C@@H]2[C@H](CO)O1)NCc1ccccc1. The second-order valence-corrected chi connectivity index (χ2v) is 9.32. The molecule has 2 aliphatic heterocycles. The number of anilines is 1. The Labute approximate surface area is 193 Å². The molecule has 1 saturated carbocycles. The summed E-state index contributed by atoms with van der Waals surface area (Å²) in [7, 11) is 0. The van der Waals surface area contributed by atoms with Crippen LogP contribution in [0.1, 0.15) is 49.1 Å². The molecule has 7 heteroatoms. The van der Waals surface area contributed by atoms with Crippen molar-refractivity contribution in [2.75, 3.05) is 11.9 Å². The van der Waals surface area contributed by atoms with Crippen LogP contribution in [0.15, 0.2) is 48.5 Å². The summed E-state index contributed by atoms with van der Waals surface area (Å²) < 4.78 is 12.2. The Morgan fingerprint density at radius 2 is 1.85 bits per heavy atom. The van der Waals surface area contributed by atoms with Crippen LogP contribution in [-0.4, -0.2) is 41.8 Å². The fourth-order valence-electron chi connectivity index (χ4n) is 4.84. The van der Waals surface area contributed by atoms with E-state index in [1.165, 1.54) is 0 Å². The molecule has 0 aromatic heterocycles. The van der Waals surface area contributed by atoms with Crippen molar-refractivity contribution in [1.82, 2.24) is 5.32 Å². The van der Waals surface area contributed by atoms with Crippen LogP contribution in [0, 0.1) is 5.92 Å². The van der Waals surface area contributed by atoms with Crippen LogP contribution in [-0.2, 0) is 20.9 Å². The molecule has 2 fully saturated rings. The molecule has 1 aliphatic carbocycles. The van der Waals surface area contributed by atoms with Crippen molar-refractivity contribution in [2.24, 2.45) is 5.92 Å². The third kappa shape index (κ3) is 5.20. The monoisotopic (exact) mass is 450 g/mol. The van der Waals surface area contributed by atoms with Gasteiger partial charge in [-0.15, -0.1) is 0 Å². The molecule has 2 amide bonds. The summed E-state index contributed by atoms with van der Waals surface area (Å²) in [5.74, 6) is 1.24. The number of fused-ring (bicyclic) bond motifs is 3. The second kappa shape index (κ2) is 9.53. The predicted octanol–water partition coefficient (Wildman–Crippen LogP) is 3.13. The van der Waals surface area contributed by atoms with Crippen molar-refractivity contribution in [3.05, 3.63) is 59.7 Å². The van der Waals surface area contributed by atoms with E-state index in [4.69, 9.17) is 9.47 Å². The smallest absolute Gasteiger partial charge is 0.224 e. The summed E-state index contributed by atoms with van der Waals surface area (Å²) in [6, 6.07) is 15.5. The van der Waals surface area contributed by atoms with Crippen LogP contribution >= 0.6 is 0 Å². The summed E-state index contributed by atoms with van der Waals surface area (Å²) >= 11 is 0. The number of carbonyl (C=O) groups is 2. The summed E-state index contributed by atoms with van der Waals surface area (Å²) in [5, 5.41) is 15.9. The van der Waals surface area contributed by atoms with Gasteiger partial charge in [0.05, 0.1) is 19.1 Å². The Morgan fingerprint density at radius 3 is 2.61 bits per heavy atom. The molecule has 174 valence electrons. The molecule has 5 rings (SSSR count). The highest BCUT2D eigenvalue weighted by atomic mass is 16.6. The number of amides is 2. The Bertz CT molecular complexity index is 1010. The zero-order chi connectivity index (χ0) is 22.8. The first kappa shape index (κ1) is 21.9. The molecule has 3 aliphatic rings. The largest absolute Gasteiger partial charge is 0.487 e. The van der Waals surface area contributed by atoms with Crippen LogP contribution in [0.2, 0.25) is 0 Å². The topological polar surface area (TPSA) is 96.9 Å². The van der Waals surface area contributed by atoms with Gasteiger partial charge in [-0.3, -0.25) is 9.59 Å². The number of hydrogen-bond donors (Lipinski definition) is 3. The van der Waals surface area contributed by atoms with Crippen molar-refractivity contribution < 1.29 is 24.2 Å². The van der Waals surface area contributed by atoms with Crippen molar-refractivity contribution >= 4 is 17.5 Å². The minimum atomic E-state index is -0.504. The quantitative estimate of drug-likeness (QED) is 0.574. The zero-order valence-corrected chi connectivity index (χ0v) is 18.5. The van der Waals surface area contributed by atoms with Gasteiger partial charge in [-0.2, -0.15) is 0 Å². The van der Waals surface area contributed by atoms with Gasteiger partial charge in [-0.05, 0) is 48.9 Å². The lowest BCUT2D eigenvalue weighted by Crippen LogP contribution is -2.47. The van der Waals surface area contributed by atoms with Crippen LogP contribution in [0.3, 0.4) is 0 Å². The third-order valence-electron chi connectivity index (χ3n) is 6.70. The summed E-state index contributed by atoms with van der Waals surface area (Å²) in [6.07, 6.45) is 2.56. The van der Waals surface area contributed by atoms with Crippen LogP contribution in [0.25, 0.3) is 0 Å². The number of aliphatic hydroxyl groups is 1. The van der Waals surface area contributed by atoms with Gasteiger partial charge in [0.15, 0.2) is 0 Å². The molecule has 2 aromatic rings. The molecule has 7 nitrogen and oxygen atoms in total. The van der Waals surface area contributed by atoms with E-state index in [1.54, 1.807) is 0 Å². The third-order valence-corrected chi connectivity index (χ3v) is 6.70. The van der Waals surface area contributed by atoms with Crippen molar-refractivity contribution in [2.45, 2.75) is 62.9 Å². The molecule has 3 N–H and O–H groups in total. The van der Waals surface area contributed by atoms with Crippen LogP contribution in [0.4, 0.5) is 5.69 Å². The van der Waals surface area contributed by atoms with Crippen molar-refractivity contribution in [3.63, 3.8) is 0 Å². The highest BCUT2D eigenvalue weighted by Crippen LogP contribution is 2.47. The lowest BCUT2D eigenvalue weighted by atomic mass is 9.84. The fourth-order valence-corrected chi connectivity index (χ4v) is 4.84. The first-order chi connectivity index (χ1) is 16.1. The van der Waals surface area contributed by atoms with E-state index < -0.39 is 6.10 Å². The van der Waals surface area contributed by atoms with Gasteiger partial charge in [-0.1, -0.05) is 30.3 Å². The number of rotatable bonds is 8. The highest BCUT2D eigenvalue weighted by molar-refractivity contribution is 5.91. The number of benzene rings is 2. The number of carbonyl (C=O) groups excluding carboxylic acids is 2. The van der Waals surface area contributed by atoms with Gasteiger partial charge in [0.2, 0.25) is 11.8 Å². The van der Waals surface area contributed by atoms with Crippen molar-refractivity contribution in [3.8, 4) is 5.75 Å². The summed E-state index contributed by atoms with van der Waals surface area (Å²) in [6.45, 7) is 0.292. The average molecular weight is 451 g/mol. The fraction of sp³-hybridized carbons (Fsp3) is 0.462. The van der Waals surface area contributed by atoms with E-state index >= 15 is 0 Å². The molecule has 0 spiro atoms. The highest BCUT2D eigenvalue weighted by Gasteiger charge is 2.46. The second-order valence-electron chi connectivity index (χ2n) is 9.32. The average Bonchev–Trinajstić information content (AvgIpc) is 3.56. The van der Waals surface area contributed by atoms with Gasteiger partial charge in [-0.25, -0.2) is 0 Å². The summed E-state index contributed by atoms with van der Waals surface area (Å²) in [4.78, 5) is 24.8. The maximum Gasteiger partial charge on any atom is 0.224 e. The molecule has 0 unspecified atom stereocenters. The number of aliphatic hydroxyl groups excluding tert-OH is 1. The van der Waals surface area contributed by atoms with E-state index in [0.29, 0.717) is 25.3 Å². The number of hydrogen-bond acceptors (Lipinski definition) is 5. The Hall–Kier alpha value is -2.90. The van der Waals surface area contributed by atoms with E-state index in [0.717, 1.165) is 35.4 Å². The number of ether oxygens (including phenoxy) is 2. The van der Waals surface area contributed by atoms with Gasteiger partial charge in [0.25, 0.3) is 0 Å². The van der Waals surface area contributed by atoms with Gasteiger partial charge < -0.3 is 25.2 Å². The molecule has 1 saturated heterocycles. The van der Waals surface area contributed by atoms with Crippen LogP contribution < -0.4 is 15.4 Å².